The zero-order valence-electron chi connectivity index (χ0n) is 16.7. The summed E-state index contributed by atoms with van der Waals surface area (Å²) < 4.78 is 1.13. The number of carbonyl (C=O) groups excluding carboxylic acids is 1. The van der Waals surface area contributed by atoms with Gasteiger partial charge in [-0.3, -0.25) is 9.78 Å². The van der Waals surface area contributed by atoms with Crippen molar-refractivity contribution in [1.29, 1.82) is 0 Å². The van der Waals surface area contributed by atoms with Crippen molar-refractivity contribution in [1.82, 2.24) is 15.2 Å². The molecule has 5 nitrogen and oxygen atoms in total. The molecule has 0 unspecified atom stereocenters. The Morgan fingerprint density at radius 1 is 1.22 bits per heavy atom. The van der Waals surface area contributed by atoms with Crippen LogP contribution in [0.15, 0.2) is 18.3 Å². The summed E-state index contributed by atoms with van der Waals surface area (Å²) in [6, 6.07) is 5.30. The molecule has 6 heteroatoms. The van der Waals surface area contributed by atoms with Gasteiger partial charge in [-0.05, 0) is 71.7 Å². The van der Waals surface area contributed by atoms with Gasteiger partial charge in [0.1, 0.15) is 5.69 Å². The second-order valence-corrected chi connectivity index (χ2v) is 9.57. The topological polar surface area (TPSA) is 48.5 Å². The molecule has 1 amide bonds. The molecule has 5 heterocycles. The molecular weight excluding hydrogens is 356 g/mol. The lowest BCUT2D eigenvalue weighted by Gasteiger charge is -2.44. The first-order valence-corrected chi connectivity index (χ1v) is 10.9. The highest BCUT2D eigenvalue weighted by atomic mass is 32.1. The summed E-state index contributed by atoms with van der Waals surface area (Å²) in [6.45, 7) is 12.2. The molecule has 2 bridgehead atoms. The van der Waals surface area contributed by atoms with Gasteiger partial charge in [0.25, 0.3) is 5.91 Å². The molecule has 27 heavy (non-hydrogen) atoms. The predicted molar refractivity (Wildman–Crippen MR) is 113 cm³/mol. The van der Waals surface area contributed by atoms with E-state index < -0.39 is 0 Å². The van der Waals surface area contributed by atoms with E-state index in [-0.39, 0.29) is 11.9 Å². The van der Waals surface area contributed by atoms with Crippen LogP contribution < -0.4 is 10.2 Å². The average molecular weight is 387 g/mol. The van der Waals surface area contributed by atoms with E-state index in [1.165, 1.54) is 30.9 Å². The standard InChI is InChI=1S/C21H30N4OS/c1-13(2)25(14(3)4)20-9-16-11-22-17(10-19(16)27-20)21(26)23-18-12-24-7-5-15(18)6-8-24/h9-11,13-15,18H,5-8,12H2,1-4H3,(H,23,26)/t18-/m0/s1. The van der Waals surface area contributed by atoms with Crippen LogP contribution >= 0.6 is 11.3 Å². The van der Waals surface area contributed by atoms with Crippen LogP contribution in [-0.4, -0.2) is 53.6 Å². The number of aromatic nitrogens is 1. The largest absolute Gasteiger partial charge is 0.359 e. The fourth-order valence-electron chi connectivity index (χ4n) is 4.65. The normalized spacial score (nSPS) is 24.7. The van der Waals surface area contributed by atoms with E-state index in [9.17, 15) is 4.79 Å². The van der Waals surface area contributed by atoms with Crippen LogP contribution in [0.3, 0.4) is 0 Å². The summed E-state index contributed by atoms with van der Waals surface area (Å²) in [5.74, 6) is 0.594. The lowest BCUT2D eigenvalue weighted by molar-refractivity contribution is 0.0618. The Hall–Kier alpha value is -1.66. The van der Waals surface area contributed by atoms with E-state index in [1.807, 2.05) is 12.3 Å². The molecule has 3 saturated heterocycles. The third-order valence-corrected chi connectivity index (χ3v) is 7.07. The number of fused-ring (bicyclic) bond motifs is 4. The van der Waals surface area contributed by atoms with Gasteiger partial charge >= 0.3 is 0 Å². The van der Waals surface area contributed by atoms with Gasteiger partial charge in [0, 0.05) is 41.0 Å². The monoisotopic (exact) mass is 386 g/mol. The number of anilines is 1. The first-order valence-electron chi connectivity index (χ1n) is 10.1. The van der Waals surface area contributed by atoms with Crippen LogP contribution in [0.2, 0.25) is 0 Å². The number of piperidine rings is 3. The summed E-state index contributed by atoms with van der Waals surface area (Å²) in [7, 11) is 0. The Bertz CT molecular complexity index is 815. The van der Waals surface area contributed by atoms with Crippen molar-refractivity contribution in [2.24, 2.45) is 5.92 Å². The van der Waals surface area contributed by atoms with E-state index >= 15 is 0 Å². The Morgan fingerprint density at radius 3 is 2.52 bits per heavy atom. The first kappa shape index (κ1) is 18.7. The molecule has 0 saturated carbocycles. The molecule has 2 aromatic rings. The van der Waals surface area contributed by atoms with E-state index in [0.717, 1.165) is 16.6 Å². The molecule has 3 aliphatic rings. The van der Waals surface area contributed by atoms with Gasteiger partial charge in [-0.1, -0.05) is 0 Å². The fraction of sp³-hybridized carbons (Fsp3) is 0.619. The predicted octanol–water partition coefficient (Wildman–Crippen LogP) is 3.74. The minimum atomic E-state index is -0.0322. The molecule has 3 fully saturated rings. The number of thiophene rings is 1. The molecule has 1 N–H and O–H groups in total. The zero-order chi connectivity index (χ0) is 19.1. The minimum absolute atomic E-state index is 0.0322. The van der Waals surface area contributed by atoms with Crippen LogP contribution in [0.5, 0.6) is 0 Å². The van der Waals surface area contributed by atoms with Gasteiger partial charge in [0.15, 0.2) is 0 Å². The summed E-state index contributed by atoms with van der Waals surface area (Å²) in [6.07, 6.45) is 4.25. The van der Waals surface area contributed by atoms with Gasteiger partial charge in [-0.15, -0.1) is 11.3 Å². The van der Waals surface area contributed by atoms with E-state index in [0.29, 0.717) is 23.7 Å². The highest BCUT2D eigenvalue weighted by molar-refractivity contribution is 7.22. The molecule has 146 valence electrons. The molecule has 0 spiro atoms. The second kappa shape index (κ2) is 7.40. The number of amides is 1. The maximum Gasteiger partial charge on any atom is 0.270 e. The van der Waals surface area contributed by atoms with Gasteiger partial charge in [-0.2, -0.15) is 0 Å². The number of hydrogen-bond acceptors (Lipinski definition) is 5. The Balaban J connectivity index is 1.53. The number of hydrogen-bond donors (Lipinski definition) is 1. The molecule has 5 rings (SSSR count). The van der Waals surface area contributed by atoms with Gasteiger partial charge < -0.3 is 15.1 Å². The van der Waals surface area contributed by atoms with Gasteiger partial charge in [0.05, 0.1) is 5.00 Å². The molecule has 0 aromatic carbocycles. The van der Waals surface area contributed by atoms with Crippen molar-refractivity contribution < 1.29 is 4.79 Å². The molecule has 2 aromatic heterocycles. The lowest BCUT2D eigenvalue weighted by atomic mass is 9.84. The average Bonchev–Trinajstić information content (AvgIpc) is 3.04. The van der Waals surface area contributed by atoms with Crippen molar-refractivity contribution in [3.05, 3.63) is 24.0 Å². The molecule has 0 aliphatic carbocycles. The molecular formula is C21H30N4OS. The molecule has 0 radical (unpaired) electrons. The Labute approximate surface area is 165 Å². The summed E-state index contributed by atoms with van der Waals surface area (Å²) in [4.78, 5) is 22.1. The SMILES string of the molecule is CC(C)N(c1cc2cnc(C(=O)N[C@H]3CN4CCC3CC4)cc2s1)C(C)C. The zero-order valence-corrected chi connectivity index (χ0v) is 17.6. The fourth-order valence-corrected chi connectivity index (χ4v) is 5.99. The molecule has 3 aliphatic heterocycles. The number of rotatable bonds is 5. The first-order chi connectivity index (χ1) is 12.9. The smallest absolute Gasteiger partial charge is 0.270 e. The summed E-state index contributed by atoms with van der Waals surface area (Å²) in [5, 5.41) is 5.60. The Kier molecular flexibility index (Phi) is 5.12. The number of nitrogens with zero attached hydrogens (tertiary/aromatic N) is 3. The van der Waals surface area contributed by atoms with E-state index in [2.05, 4.69) is 53.9 Å². The third kappa shape index (κ3) is 3.69. The van der Waals surface area contributed by atoms with Crippen molar-refractivity contribution in [3.63, 3.8) is 0 Å². The van der Waals surface area contributed by atoms with Crippen LogP contribution in [0.25, 0.3) is 10.1 Å². The minimum Gasteiger partial charge on any atom is -0.359 e. The van der Waals surface area contributed by atoms with Gasteiger partial charge in [-0.25, -0.2) is 0 Å². The quantitative estimate of drug-likeness (QED) is 0.850. The highest BCUT2D eigenvalue weighted by Gasteiger charge is 2.35. The number of carbonyl (C=O) groups is 1. The van der Waals surface area contributed by atoms with E-state index in [1.54, 1.807) is 11.3 Å². The summed E-state index contributed by atoms with van der Waals surface area (Å²) >= 11 is 1.75. The van der Waals surface area contributed by atoms with E-state index in [4.69, 9.17) is 0 Å². The molecule has 1 atom stereocenters. The van der Waals surface area contributed by atoms with Gasteiger partial charge in [0.2, 0.25) is 0 Å². The van der Waals surface area contributed by atoms with Crippen molar-refractivity contribution >= 4 is 32.3 Å². The van der Waals surface area contributed by atoms with Crippen LogP contribution in [0.1, 0.15) is 51.0 Å². The maximum atomic E-state index is 12.8. The maximum absolute atomic E-state index is 12.8. The van der Waals surface area contributed by atoms with Crippen molar-refractivity contribution in [2.75, 3.05) is 24.5 Å². The van der Waals surface area contributed by atoms with Crippen molar-refractivity contribution in [2.45, 2.75) is 58.7 Å². The lowest BCUT2D eigenvalue weighted by Crippen LogP contribution is -2.57. The van der Waals surface area contributed by atoms with Crippen LogP contribution in [0.4, 0.5) is 5.00 Å². The number of nitrogens with one attached hydrogen (secondary N) is 1. The third-order valence-electron chi connectivity index (χ3n) is 5.96. The second-order valence-electron chi connectivity index (χ2n) is 8.50. The highest BCUT2D eigenvalue weighted by Crippen LogP contribution is 2.35. The summed E-state index contributed by atoms with van der Waals surface area (Å²) in [5.41, 5.74) is 0.535. The number of pyridine rings is 1. The van der Waals surface area contributed by atoms with Crippen LogP contribution in [-0.2, 0) is 0 Å². The Morgan fingerprint density at radius 2 is 1.93 bits per heavy atom. The van der Waals surface area contributed by atoms with Crippen LogP contribution in [0, 0.1) is 5.92 Å². The van der Waals surface area contributed by atoms with Crippen molar-refractivity contribution in [3.8, 4) is 0 Å².